The van der Waals surface area contributed by atoms with Crippen molar-refractivity contribution < 1.29 is 13.8 Å². The van der Waals surface area contributed by atoms with Crippen LogP contribution < -0.4 is 10.6 Å². The minimum absolute atomic E-state index is 0.137. The number of hydrogen-bond acceptors (Lipinski definition) is 8. The zero-order valence-corrected chi connectivity index (χ0v) is 13.8. The van der Waals surface area contributed by atoms with E-state index in [-0.39, 0.29) is 5.89 Å². The number of pyridine rings is 1. The number of aryl methyl sites for hydroxylation is 2. The first-order valence-corrected chi connectivity index (χ1v) is 7.88. The van der Waals surface area contributed by atoms with Gasteiger partial charge in [-0.3, -0.25) is 15.1 Å². The molecule has 0 saturated carbocycles. The second kappa shape index (κ2) is 6.10. The van der Waals surface area contributed by atoms with Crippen LogP contribution in [-0.4, -0.2) is 32.7 Å². The molecule has 0 fully saturated rings. The van der Waals surface area contributed by atoms with Gasteiger partial charge in [0.1, 0.15) is 5.76 Å². The summed E-state index contributed by atoms with van der Waals surface area (Å²) in [5, 5.41) is 13.5. The number of carbonyl (C=O) groups excluding carboxylic acids is 1. The molecule has 25 heavy (non-hydrogen) atoms. The van der Waals surface area contributed by atoms with Crippen LogP contribution in [0, 0.1) is 13.8 Å². The lowest BCUT2D eigenvalue weighted by molar-refractivity contribution is 0.0980. The Kier molecular flexibility index (Phi) is 3.77. The van der Waals surface area contributed by atoms with Gasteiger partial charge in [-0.25, -0.2) is 0 Å². The maximum absolute atomic E-state index is 12.2. The van der Waals surface area contributed by atoms with E-state index in [1.165, 1.54) is 0 Å². The van der Waals surface area contributed by atoms with Gasteiger partial charge in [0, 0.05) is 30.1 Å². The molecular formula is C16H16N6O3. The third-order valence-electron chi connectivity index (χ3n) is 4.05. The first-order valence-electron chi connectivity index (χ1n) is 7.88. The molecule has 0 spiro atoms. The first kappa shape index (κ1) is 15.5. The molecule has 9 nitrogen and oxygen atoms in total. The van der Waals surface area contributed by atoms with Crippen LogP contribution in [0.1, 0.15) is 33.3 Å². The van der Waals surface area contributed by atoms with E-state index in [9.17, 15) is 4.79 Å². The zero-order chi connectivity index (χ0) is 17.4. The Morgan fingerprint density at radius 3 is 2.96 bits per heavy atom. The molecular weight excluding hydrogens is 324 g/mol. The van der Waals surface area contributed by atoms with E-state index < -0.39 is 5.91 Å². The Bertz CT molecular complexity index is 945. The van der Waals surface area contributed by atoms with E-state index in [4.69, 9.17) is 9.05 Å². The maximum atomic E-state index is 12.2. The standard InChI is InChI=1S/C16H16N6O3/c1-8-5-12(21-24-8)19-15(23)16-20-14(22-25-16)13-9(2)18-7-10-6-17-4-3-11(10)13/h5,7,17H,3-4,6H2,1-2H3,(H,19,21,23). The van der Waals surface area contributed by atoms with Gasteiger partial charge in [0.25, 0.3) is 0 Å². The van der Waals surface area contributed by atoms with Crippen LogP contribution in [0.3, 0.4) is 0 Å². The summed E-state index contributed by atoms with van der Waals surface area (Å²) >= 11 is 0. The first-order chi connectivity index (χ1) is 12.1. The Morgan fingerprint density at radius 1 is 1.28 bits per heavy atom. The normalized spacial score (nSPS) is 13.5. The fraction of sp³-hybridized carbons (Fsp3) is 0.312. The Hall–Kier alpha value is -3.07. The van der Waals surface area contributed by atoms with Gasteiger partial charge in [-0.05, 0) is 37.9 Å². The average molecular weight is 340 g/mol. The van der Waals surface area contributed by atoms with Crippen molar-refractivity contribution in [2.24, 2.45) is 0 Å². The number of nitrogens with one attached hydrogen (secondary N) is 2. The molecule has 0 atom stereocenters. The molecule has 0 bridgehead atoms. The SMILES string of the molecule is Cc1cc(NC(=O)c2nc(-c3c(C)ncc4c3CCNC4)no2)no1. The van der Waals surface area contributed by atoms with E-state index in [2.05, 4.69) is 30.9 Å². The Labute approximate surface area is 142 Å². The molecule has 4 rings (SSSR count). The van der Waals surface area contributed by atoms with Crippen LogP contribution in [0.15, 0.2) is 21.3 Å². The summed E-state index contributed by atoms with van der Waals surface area (Å²) in [4.78, 5) is 20.9. The lowest BCUT2D eigenvalue weighted by Crippen LogP contribution is -2.24. The van der Waals surface area contributed by atoms with Crippen molar-refractivity contribution in [3.8, 4) is 11.4 Å². The van der Waals surface area contributed by atoms with Crippen LogP contribution in [0.2, 0.25) is 0 Å². The highest BCUT2D eigenvalue weighted by Gasteiger charge is 2.23. The Morgan fingerprint density at radius 2 is 2.16 bits per heavy atom. The van der Waals surface area contributed by atoms with Gasteiger partial charge < -0.3 is 14.4 Å². The van der Waals surface area contributed by atoms with Crippen LogP contribution in [-0.2, 0) is 13.0 Å². The highest BCUT2D eigenvalue weighted by molar-refractivity contribution is 6.00. The van der Waals surface area contributed by atoms with Gasteiger partial charge in [-0.2, -0.15) is 4.98 Å². The van der Waals surface area contributed by atoms with E-state index in [1.807, 2.05) is 13.1 Å². The summed E-state index contributed by atoms with van der Waals surface area (Å²) in [6.07, 6.45) is 2.71. The number of nitrogens with zero attached hydrogens (tertiary/aromatic N) is 4. The lowest BCUT2D eigenvalue weighted by Gasteiger charge is -2.19. The average Bonchev–Trinajstić information content (AvgIpc) is 3.24. The number of fused-ring (bicyclic) bond motifs is 1. The van der Waals surface area contributed by atoms with Gasteiger partial charge in [-0.1, -0.05) is 10.3 Å². The van der Waals surface area contributed by atoms with Crippen molar-refractivity contribution in [1.82, 2.24) is 25.6 Å². The number of anilines is 1. The zero-order valence-electron chi connectivity index (χ0n) is 13.8. The third kappa shape index (κ3) is 2.89. The highest BCUT2D eigenvalue weighted by Crippen LogP contribution is 2.28. The highest BCUT2D eigenvalue weighted by atomic mass is 16.5. The van der Waals surface area contributed by atoms with Crippen LogP contribution in [0.25, 0.3) is 11.4 Å². The number of carbonyl (C=O) groups is 1. The minimum atomic E-state index is -0.538. The third-order valence-corrected chi connectivity index (χ3v) is 4.05. The predicted octanol–water partition coefficient (Wildman–Crippen LogP) is 1.63. The molecule has 1 aliphatic heterocycles. The molecule has 0 unspecified atom stereocenters. The van der Waals surface area contributed by atoms with Gasteiger partial charge in [-0.15, -0.1) is 0 Å². The van der Waals surface area contributed by atoms with Crippen molar-refractivity contribution in [3.63, 3.8) is 0 Å². The number of amides is 1. The van der Waals surface area contributed by atoms with Crippen LogP contribution in [0.4, 0.5) is 5.82 Å². The van der Waals surface area contributed by atoms with Crippen molar-refractivity contribution in [3.05, 3.63) is 40.7 Å². The second-order valence-corrected chi connectivity index (χ2v) is 5.85. The largest absolute Gasteiger partial charge is 0.360 e. The fourth-order valence-electron chi connectivity index (χ4n) is 2.88. The Balaban J connectivity index is 1.64. The molecule has 3 aromatic heterocycles. The molecule has 2 N–H and O–H groups in total. The fourth-order valence-corrected chi connectivity index (χ4v) is 2.88. The summed E-state index contributed by atoms with van der Waals surface area (Å²) in [7, 11) is 0. The van der Waals surface area contributed by atoms with Crippen molar-refractivity contribution in [1.29, 1.82) is 0 Å². The van der Waals surface area contributed by atoms with Crippen molar-refractivity contribution in [2.75, 3.05) is 11.9 Å². The molecule has 128 valence electrons. The van der Waals surface area contributed by atoms with E-state index in [0.717, 1.165) is 41.9 Å². The van der Waals surface area contributed by atoms with Gasteiger partial charge >= 0.3 is 11.8 Å². The molecule has 0 aliphatic carbocycles. The maximum Gasteiger partial charge on any atom is 0.316 e. The smallest absolute Gasteiger partial charge is 0.316 e. The monoisotopic (exact) mass is 340 g/mol. The molecule has 0 aromatic carbocycles. The number of rotatable bonds is 3. The summed E-state index contributed by atoms with van der Waals surface area (Å²) in [5.41, 5.74) is 3.89. The van der Waals surface area contributed by atoms with E-state index in [1.54, 1.807) is 13.0 Å². The topological polar surface area (TPSA) is 119 Å². The van der Waals surface area contributed by atoms with Crippen molar-refractivity contribution in [2.45, 2.75) is 26.8 Å². The summed E-state index contributed by atoms with van der Waals surface area (Å²) in [5.74, 6) is 0.576. The second-order valence-electron chi connectivity index (χ2n) is 5.85. The molecule has 4 heterocycles. The van der Waals surface area contributed by atoms with E-state index in [0.29, 0.717) is 17.4 Å². The van der Waals surface area contributed by atoms with Gasteiger partial charge in [0.05, 0.1) is 0 Å². The summed E-state index contributed by atoms with van der Waals surface area (Å²) in [6.45, 7) is 5.26. The quantitative estimate of drug-likeness (QED) is 0.738. The molecule has 1 amide bonds. The van der Waals surface area contributed by atoms with Crippen LogP contribution in [0.5, 0.6) is 0 Å². The summed E-state index contributed by atoms with van der Waals surface area (Å²) in [6, 6.07) is 1.60. The van der Waals surface area contributed by atoms with E-state index >= 15 is 0 Å². The lowest BCUT2D eigenvalue weighted by atomic mass is 9.95. The minimum Gasteiger partial charge on any atom is -0.360 e. The summed E-state index contributed by atoms with van der Waals surface area (Å²) < 4.78 is 10.0. The molecule has 0 radical (unpaired) electrons. The number of hydrogen-bond donors (Lipinski definition) is 2. The van der Waals surface area contributed by atoms with Crippen LogP contribution >= 0.6 is 0 Å². The van der Waals surface area contributed by atoms with Crippen molar-refractivity contribution >= 4 is 11.7 Å². The molecule has 1 aliphatic rings. The molecule has 3 aromatic rings. The molecule has 0 saturated heterocycles. The predicted molar refractivity (Wildman–Crippen MR) is 86.9 cm³/mol. The molecule has 9 heteroatoms. The van der Waals surface area contributed by atoms with Gasteiger partial charge in [0.2, 0.25) is 5.82 Å². The van der Waals surface area contributed by atoms with Gasteiger partial charge in [0.15, 0.2) is 5.82 Å². The number of aromatic nitrogens is 4.